The van der Waals surface area contributed by atoms with Gasteiger partial charge >= 0.3 is 0 Å². The number of benzene rings is 1. The number of hydrogen-bond donors (Lipinski definition) is 1. The smallest absolute Gasteiger partial charge is 0.0991 e. The molecular formula is C14H15N3. The van der Waals surface area contributed by atoms with Gasteiger partial charge < -0.3 is 5.32 Å². The number of nitrogens with one attached hydrogen (secondary N) is 1. The molecule has 2 aliphatic rings. The minimum absolute atomic E-state index is 0.435. The zero-order chi connectivity index (χ0) is 11.8. The highest BCUT2D eigenvalue weighted by Crippen LogP contribution is 2.42. The number of nitriles is 1. The Morgan fingerprint density at radius 3 is 3.12 bits per heavy atom. The average Bonchev–Trinajstić information content (AvgIpc) is 2.75. The highest BCUT2D eigenvalue weighted by molar-refractivity contribution is 5.98. The van der Waals surface area contributed by atoms with Crippen molar-refractivity contribution in [1.82, 2.24) is 5.32 Å². The van der Waals surface area contributed by atoms with E-state index in [0.29, 0.717) is 12.0 Å². The first-order chi connectivity index (χ1) is 8.31. The van der Waals surface area contributed by atoms with Crippen molar-refractivity contribution in [3.63, 3.8) is 0 Å². The van der Waals surface area contributed by atoms with Crippen LogP contribution in [0.25, 0.3) is 0 Å². The molecule has 1 N–H and O–H groups in total. The van der Waals surface area contributed by atoms with Gasteiger partial charge in [0.05, 0.1) is 17.3 Å². The molecule has 1 aliphatic carbocycles. The minimum atomic E-state index is 0.435. The molecule has 0 amide bonds. The van der Waals surface area contributed by atoms with E-state index >= 15 is 0 Å². The molecule has 1 aromatic rings. The van der Waals surface area contributed by atoms with E-state index in [0.717, 1.165) is 24.1 Å². The van der Waals surface area contributed by atoms with Crippen molar-refractivity contribution in [2.24, 2.45) is 4.99 Å². The molecule has 3 heteroatoms. The Balaban J connectivity index is 1.98. The second kappa shape index (κ2) is 3.97. The van der Waals surface area contributed by atoms with Gasteiger partial charge in [-0.1, -0.05) is 0 Å². The maximum atomic E-state index is 8.96. The lowest BCUT2D eigenvalue weighted by Gasteiger charge is -2.27. The molecule has 1 fully saturated rings. The lowest BCUT2D eigenvalue weighted by atomic mass is 9.81. The van der Waals surface area contributed by atoms with Crippen LogP contribution in [0.15, 0.2) is 23.2 Å². The Labute approximate surface area is 101 Å². The van der Waals surface area contributed by atoms with Gasteiger partial charge in [-0.25, -0.2) is 0 Å². The summed E-state index contributed by atoms with van der Waals surface area (Å²) < 4.78 is 0. The van der Waals surface area contributed by atoms with Gasteiger partial charge in [0.2, 0.25) is 0 Å². The largest absolute Gasteiger partial charge is 0.317 e. The van der Waals surface area contributed by atoms with Crippen LogP contribution in [-0.2, 0) is 0 Å². The van der Waals surface area contributed by atoms with Gasteiger partial charge in [0.1, 0.15) is 0 Å². The number of rotatable bonds is 1. The van der Waals surface area contributed by atoms with Crippen molar-refractivity contribution >= 4 is 11.4 Å². The summed E-state index contributed by atoms with van der Waals surface area (Å²) in [5.74, 6) is 0.435. The van der Waals surface area contributed by atoms with Gasteiger partial charge in [-0.15, -0.1) is 0 Å². The van der Waals surface area contributed by atoms with E-state index in [1.165, 1.54) is 17.7 Å². The number of fused-ring (bicyclic) bond motifs is 3. The fourth-order valence-electron chi connectivity index (χ4n) is 2.90. The Bertz CT molecular complexity index is 525. The number of hydrogen-bond acceptors (Lipinski definition) is 3. The Morgan fingerprint density at radius 2 is 2.35 bits per heavy atom. The van der Waals surface area contributed by atoms with Crippen LogP contribution in [0.2, 0.25) is 0 Å². The van der Waals surface area contributed by atoms with Gasteiger partial charge in [0.25, 0.3) is 0 Å². The normalized spacial score (nSPS) is 25.8. The molecule has 17 heavy (non-hydrogen) atoms. The summed E-state index contributed by atoms with van der Waals surface area (Å²) in [5, 5.41) is 12.3. The molecule has 1 aliphatic heterocycles. The zero-order valence-corrected chi connectivity index (χ0v) is 9.90. The van der Waals surface area contributed by atoms with Crippen molar-refractivity contribution in [2.75, 3.05) is 7.05 Å². The molecule has 2 unspecified atom stereocenters. The summed E-state index contributed by atoms with van der Waals surface area (Å²) in [6.45, 7) is 0. The van der Waals surface area contributed by atoms with E-state index in [2.05, 4.69) is 11.4 Å². The molecule has 1 saturated carbocycles. The van der Waals surface area contributed by atoms with Crippen LogP contribution in [-0.4, -0.2) is 18.8 Å². The molecule has 0 bridgehead atoms. The predicted molar refractivity (Wildman–Crippen MR) is 67.7 cm³/mol. The second-order valence-corrected chi connectivity index (χ2v) is 4.80. The van der Waals surface area contributed by atoms with Crippen LogP contribution in [0.4, 0.5) is 5.69 Å². The van der Waals surface area contributed by atoms with Crippen LogP contribution in [0.5, 0.6) is 0 Å². The first kappa shape index (κ1) is 10.5. The minimum Gasteiger partial charge on any atom is -0.317 e. The Kier molecular flexibility index (Phi) is 2.45. The lowest BCUT2D eigenvalue weighted by Crippen LogP contribution is -2.33. The standard InChI is InChI=1S/C14H15N3/c1-16-10-3-5-14-12(7-10)11-6-9(8-15)2-4-13(11)17-14/h2,4,6,10,12,16H,3,5,7H2,1H3. The van der Waals surface area contributed by atoms with E-state index < -0.39 is 0 Å². The maximum absolute atomic E-state index is 8.96. The summed E-state index contributed by atoms with van der Waals surface area (Å²) in [6, 6.07) is 8.64. The quantitative estimate of drug-likeness (QED) is 0.798. The fraction of sp³-hybridized carbons (Fsp3) is 0.429. The van der Waals surface area contributed by atoms with Crippen molar-refractivity contribution in [2.45, 2.75) is 31.2 Å². The summed E-state index contributed by atoms with van der Waals surface area (Å²) in [6.07, 6.45) is 3.36. The average molecular weight is 225 g/mol. The fourth-order valence-corrected chi connectivity index (χ4v) is 2.90. The first-order valence-electron chi connectivity index (χ1n) is 6.10. The third-order valence-corrected chi connectivity index (χ3v) is 3.88. The molecular weight excluding hydrogens is 210 g/mol. The van der Waals surface area contributed by atoms with Gasteiger partial charge in [0.15, 0.2) is 0 Å². The molecule has 3 rings (SSSR count). The third-order valence-electron chi connectivity index (χ3n) is 3.88. The lowest BCUT2D eigenvalue weighted by molar-refractivity contribution is 0.459. The van der Waals surface area contributed by atoms with E-state index in [9.17, 15) is 0 Å². The Morgan fingerprint density at radius 1 is 1.47 bits per heavy atom. The monoisotopic (exact) mass is 225 g/mol. The number of aliphatic imine (C=N–C) groups is 1. The predicted octanol–water partition coefficient (Wildman–Crippen LogP) is 2.50. The van der Waals surface area contributed by atoms with Crippen molar-refractivity contribution in [1.29, 1.82) is 5.26 Å². The van der Waals surface area contributed by atoms with Crippen LogP contribution in [0.3, 0.4) is 0 Å². The summed E-state index contributed by atoms with van der Waals surface area (Å²) >= 11 is 0. The van der Waals surface area contributed by atoms with Crippen LogP contribution in [0.1, 0.15) is 36.3 Å². The summed E-state index contributed by atoms with van der Waals surface area (Å²) in [4.78, 5) is 4.70. The molecule has 3 nitrogen and oxygen atoms in total. The van der Waals surface area contributed by atoms with Crippen LogP contribution in [0, 0.1) is 11.3 Å². The highest BCUT2D eigenvalue weighted by atomic mass is 14.9. The SMILES string of the molecule is CNC1CCC2=Nc3ccc(C#N)cc3C2C1. The Hall–Kier alpha value is -1.66. The summed E-state index contributed by atoms with van der Waals surface area (Å²) in [5.41, 5.74) is 4.37. The van der Waals surface area contributed by atoms with E-state index in [4.69, 9.17) is 10.3 Å². The van der Waals surface area contributed by atoms with Crippen molar-refractivity contribution in [3.05, 3.63) is 29.3 Å². The van der Waals surface area contributed by atoms with Gasteiger partial charge in [-0.2, -0.15) is 5.26 Å². The molecule has 0 aromatic heterocycles. The third kappa shape index (κ3) is 1.65. The van der Waals surface area contributed by atoms with E-state index in [-0.39, 0.29) is 0 Å². The topological polar surface area (TPSA) is 48.2 Å². The van der Waals surface area contributed by atoms with Gasteiger partial charge in [-0.05, 0) is 50.1 Å². The van der Waals surface area contributed by atoms with Crippen molar-refractivity contribution < 1.29 is 0 Å². The number of nitrogens with zero attached hydrogens (tertiary/aromatic N) is 2. The molecule has 0 spiro atoms. The van der Waals surface area contributed by atoms with Gasteiger partial charge in [0, 0.05) is 17.7 Å². The van der Waals surface area contributed by atoms with E-state index in [1.54, 1.807) is 0 Å². The zero-order valence-electron chi connectivity index (χ0n) is 9.90. The second-order valence-electron chi connectivity index (χ2n) is 4.80. The molecule has 1 heterocycles. The van der Waals surface area contributed by atoms with Gasteiger partial charge in [-0.3, -0.25) is 4.99 Å². The van der Waals surface area contributed by atoms with Crippen LogP contribution >= 0.6 is 0 Å². The molecule has 1 aromatic carbocycles. The molecule has 0 saturated heterocycles. The first-order valence-corrected chi connectivity index (χ1v) is 6.10. The van der Waals surface area contributed by atoms with E-state index in [1.807, 2.05) is 25.2 Å². The van der Waals surface area contributed by atoms with Crippen molar-refractivity contribution in [3.8, 4) is 6.07 Å². The molecule has 86 valence electrons. The summed E-state index contributed by atoms with van der Waals surface area (Å²) in [7, 11) is 2.02. The van der Waals surface area contributed by atoms with Crippen LogP contribution < -0.4 is 5.32 Å². The highest BCUT2D eigenvalue weighted by Gasteiger charge is 2.33. The maximum Gasteiger partial charge on any atom is 0.0991 e. The molecule has 2 atom stereocenters. The molecule has 0 radical (unpaired) electrons.